The summed E-state index contributed by atoms with van der Waals surface area (Å²) in [7, 11) is 0. The van der Waals surface area contributed by atoms with E-state index in [-0.39, 0.29) is 0 Å². The van der Waals surface area contributed by atoms with Crippen molar-refractivity contribution >= 4 is 11.0 Å². The maximum atomic E-state index is 4.51. The number of H-pyrrole nitrogens is 1. The highest BCUT2D eigenvalue weighted by atomic mass is 15.1. The molecule has 0 amide bonds. The average molecular weight is 306 g/mol. The molecular formula is C19H22N4. The van der Waals surface area contributed by atoms with Gasteiger partial charge in [-0.1, -0.05) is 6.07 Å². The first-order valence-corrected chi connectivity index (χ1v) is 8.41. The lowest BCUT2D eigenvalue weighted by molar-refractivity contribution is 0.165. The highest BCUT2D eigenvalue weighted by Gasteiger charge is 2.20. The van der Waals surface area contributed by atoms with Gasteiger partial charge in [0, 0.05) is 37.1 Å². The van der Waals surface area contributed by atoms with E-state index >= 15 is 0 Å². The number of aromatic amines is 1. The van der Waals surface area contributed by atoms with Crippen LogP contribution in [0.3, 0.4) is 0 Å². The summed E-state index contributed by atoms with van der Waals surface area (Å²) in [5.41, 5.74) is 3.50. The van der Waals surface area contributed by atoms with E-state index in [1.54, 1.807) is 0 Å². The van der Waals surface area contributed by atoms with Gasteiger partial charge in [0.1, 0.15) is 5.65 Å². The number of hydrogen-bond donors (Lipinski definition) is 1. The van der Waals surface area contributed by atoms with Crippen LogP contribution in [-0.4, -0.2) is 32.9 Å². The zero-order valence-electron chi connectivity index (χ0n) is 13.3. The SMILES string of the molecule is c1ccc(CN2CCC[C@@H](Cc3cnc4[nH]ccc4c3)C2)nc1. The average Bonchev–Trinajstić information content (AvgIpc) is 3.04. The van der Waals surface area contributed by atoms with Gasteiger partial charge in [0.15, 0.2) is 0 Å². The van der Waals surface area contributed by atoms with Crippen molar-refractivity contribution in [1.29, 1.82) is 0 Å². The van der Waals surface area contributed by atoms with Crippen molar-refractivity contribution in [1.82, 2.24) is 19.9 Å². The lowest BCUT2D eigenvalue weighted by atomic mass is 9.91. The molecule has 0 bridgehead atoms. The van der Waals surface area contributed by atoms with Crippen LogP contribution in [0, 0.1) is 5.92 Å². The lowest BCUT2D eigenvalue weighted by Gasteiger charge is -2.32. The first-order chi connectivity index (χ1) is 11.4. The van der Waals surface area contributed by atoms with Crippen molar-refractivity contribution < 1.29 is 0 Å². The number of rotatable bonds is 4. The Balaban J connectivity index is 1.40. The van der Waals surface area contributed by atoms with Gasteiger partial charge in [0.2, 0.25) is 0 Å². The number of aromatic nitrogens is 3. The van der Waals surface area contributed by atoms with Crippen LogP contribution in [0.5, 0.6) is 0 Å². The zero-order valence-corrected chi connectivity index (χ0v) is 13.3. The smallest absolute Gasteiger partial charge is 0.137 e. The van der Waals surface area contributed by atoms with E-state index in [2.05, 4.69) is 44.1 Å². The van der Waals surface area contributed by atoms with E-state index in [9.17, 15) is 0 Å². The fourth-order valence-corrected chi connectivity index (χ4v) is 3.61. The van der Waals surface area contributed by atoms with Crippen LogP contribution >= 0.6 is 0 Å². The van der Waals surface area contributed by atoms with Gasteiger partial charge in [-0.05, 0) is 61.6 Å². The number of fused-ring (bicyclic) bond motifs is 1. The van der Waals surface area contributed by atoms with Gasteiger partial charge in [-0.2, -0.15) is 0 Å². The zero-order chi connectivity index (χ0) is 15.5. The van der Waals surface area contributed by atoms with Crippen molar-refractivity contribution in [3.05, 3.63) is 60.2 Å². The molecule has 118 valence electrons. The Kier molecular flexibility index (Phi) is 4.07. The predicted octanol–water partition coefficient (Wildman–Crippen LogP) is 3.41. The van der Waals surface area contributed by atoms with Crippen LogP contribution < -0.4 is 0 Å². The van der Waals surface area contributed by atoms with Crippen LogP contribution in [0.1, 0.15) is 24.1 Å². The summed E-state index contributed by atoms with van der Waals surface area (Å²) in [6, 6.07) is 10.5. The summed E-state index contributed by atoms with van der Waals surface area (Å²) < 4.78 is 0. The fraction of sp³-hybridized carbons (Fsp3) is 0.368. The number of piperidine rings is 1. The third-order valence-electron chi connectivity index (χ3n) is 4.70. The highest BCUT2D eigenvalue weighted by Crippen LogP contribution is 2.23. The Labute approximate surface area is 136 Å². The molecule has 1 N–H and O–H groups in total. The predicted molar refractivity (Wildman–Crippen MR) is 92.0 cm³/mol. The number of nitrogens with zero attached hydrogens (tertiary/aromatic N) is 3. The summed E-state index contributed by atoms with van der Waals surface area (Å²) in [4.78, 5) is 14.7. The van der Waals surface area contributed by atoms with Crippen LogP contribution in [0.4, 0.5) is 0 Å². The molecule has 3 aromatic heterocycles. The van der Waals surface area contributed by atoms with Crippen LogP contribution in [-0.2, 0) is 13.0 Å². The second-order valence-electron chi connectivity index (χ2n) is 6.53. The fourth-order valence-electron chi connectivity index (χ4n) is 3.61. The second kappa shape index (κ2) is 6.50. The number of pyridine rings is 2. The quantitative estimate of drug-likeness (QED) is 0.803. The number of likely N-dealkylation sites (tertiary alicyclic amines) is 1. The van der Waals surface area contributed by atoms with E-state index in [0.29, 0.717) is 5.92 Å². The van der Waals surface area contributed by atoms with Gasteiger partial charge in [0.05, 0.1) is 5.69 Å². The summed E-state index contributed by atoms with van der Waals surface area (Å²) >= 11 is 0. The molecule has 4 nitrogen and oxygen atoms in total. The van der Waals surface area contributed by atoms with Gasteiger partial charge in [-0.25, -0.2) is 4.98 Å². The molecule has 1 aliphatic rings. The Morgan fingerprint density at radius 1 is 1.22 bits per heavy atom. The third-order valence-corrected chi connectivity index (χ3v) is 4.70. The largest absolute Gasteiger partial charge is 0.346 e. The molecular weight excluding hydrogens is 284 g/mol. The maximum Gasteiger partial charge on any atom is 0.137 e. The molecule has 1 atom stereocenters. The van der Waals surface area contributed by atoms with Crippen molar-refractivity contribution in [3.8, 4) is 0 Å². The van der Waals surface area contributed by atoms with E-state index in [1.807, 2.05) is 24.7 Å². The number of nitrogens with one attached hydrogen (secondary N) is 1. The van der Waals surface area contributed by atoms with E-state index in [0.717, 1.165) is 25.2 Å². The molecule has 0 radical (unpaired) electrons. The monoisotopic (exact) mass is 306 g/mol. The molecule has 1 aliphatic heterocycles. The molecule has 0 unspecified atom stereocenters. The molecule has 4 rings (SSSR count). The maximum absolute atomic E-state index is 4.51. The van der Waals surface area contributed by atoms with E-state index in [1.165, 1.54) is 36.0 Å². The Morgan fingerprint density at radius 3 is 3.13 bits per heavy atom. The summed E-state index contributed by atoms with van der Waals surface area (Å²) in [5, 5.41) is 1.21. The molecule has 4 heteroatoms. The van der Waals surface area contributed by atoms with Crippen LogP contribution in [0.25, 0.3) is 11.0 Å². The molecule has 1 saturated heterocycles. The van der Waals surface area contributed by atoms with Crippen molar-refractivity contribution in [2.24, 2.45) is 5.92 Å². The molecule has 0 spiro atoms. The minimum atomic E-state index is 0.714. The lowest BCUT2D eigenvalue weighted by Crippen LogP contribution is -2.35. The summed E-state index contributed by atoms with van der Waals surface area (Å²) in [6.45, 7) is 3.30. The van der Waals surface area contributed by atoms with Crippen LogP contribution in [0.2, 0.25) is 0 Å². The minimum absolute atomic E-state index is 0.714. The second-order valence-corrected chi connectivity index (χ2v) is 6.53. The van der Waals surface area contributed by atoms with Crippen LogP contribution in [0.15, 0.2) is 48.9 Å². The first kappa shape index (κ1) is 14.4. The van der Waals surface area contributed by atoms with Crippen molar-refractivity contribution in [2.45, 2.75) is 25.8 Å². The molecule has 0 aliphatic carbocycles. The normalized spacial score (nSPS) is 19.2. The van der Waals surface area contributed by atoms with Crippen molar-refractivity contribution in [3.63, 3.8) is 0 Å². The Morgan fingerprint density at radius 2 is 2.22 bits per heavy atom. The minimum Gasteiger partial charge on any atom is -0.346 e. The van der Waals surface area contributed by atoms with Crippen molar-refractivity contribution in [2.75, 3.05) is 13.1 Å². The summed E-state index contributed by atoms with van der Waals surface area (Å²) in [6.07, 6.45) is 9.57. The molecule has 0 aromatic carbocycles. The van der Waals surface area contributed by atoms with Gasteiger partial charge in [-0.15, -0.1) is 0 Å². The molecule has 1 fully saturated rings. The highest BCUT2D eigenvalue weighted by molar-refractivity contribution is 5.75. The Bertz CT molecular complexity index is 765. The number of hydrogen-bond acceptors (Lipinski definition) is 3. The molecule has 0 saturated carbocycles. The molecule has 3 aromatic rings. The van der Waals surface area contributed by atoms with Gasteiger partial charge in [0.25, 0.3) is 0 Å². The standard InChI is InChI=1S/C19H22N4/c1-2-7-20-18(5-1)14-23-9-3-4-15(13-23)10-16-11-17-6-8-21-19(17)22-12-16/h1-2,5-8,11-12,15H,3-4,9-10,13-14H2,(H,21,22)/t15-/m0/s1. The Hall–Kier alpha value is -2.20. The summed E-state index contributed by atoms with van der Waals surface area (Å²) in [5.74, 6) is 0.714. The van der Waals surface area contributed by atoms with E-state index in [4.69, 9.17) is 0 Å². The van der Waals surface area contributed by atoms with Gasteiger partial charge < -0.3 is 4.98 Å². The molecule has 23 heavy (non-hydrogen) atoms. The van der Waals surface area contributed by atoms with Gasteiger partial charge >= 0.3 is 0 Å². The molecule has 4 heterocycles. The third kappa shape index (κ3) is 3.42. The van der Waals surface area contributed by atoms with Gasteiger partial charge in [-0.3, -0.25) is 9.88 Å². The van der Waals surface area contributed by atoms with E-state index < -0.39 is 0 Å². The first-order valence-electron chi connectivity index (χ1n) is 8.41. The topological polar surface area (TPSA) is 44.8 Å².